The molecule has 2 aromatic carbocycles. The van der Waals surface area contributed by atoms with Gasteiger partial charge in [-0.1, -0.05) is 35.6 Å². The van der Waals surface area contributed by atoms with Gasteiger partial charge in [0.25, 0.3) is 5.91 Å². The predicted octanol–water partition coefficient (Wildman–Crippen LogP) is 0.771. The van der Waals surface area contributed by atoms with Gasteiger partial charge in [0.2, 0.25) is 5.78 Å². The Morgan fingerprint density at radius 2 is 1.75 bits per heavy atom. The summed E-state index contributed by atoms with van der Waals surface area (Å²) in [7, 11) is 7.11. The molecule has 1 saturated heterocycles. The monoisotopic (exact) mass is 438 g/mol. The molecule has 2 aromatic rings. The third-order valence-electron chi connectivity index (χ3n) is 5.65. The number of ether oxygens (including phenoxy) is 2. The number of benzene rings is 2. The largest absolute Gasteiger partial charge is 0.872 e. The number of hydrogen-bond donors (Lipinski definition) is 1. The Kier molecular flexibility index (Phi) is 7.20. The molecule has 32 heavy (non-hydrogen) atoms. The molecule has 3 rings (SSSR count). The lowest BCUT2D eigenvalue weighted by atomic mass is 9.94. The van der Waals surface area contributed by atoms with Crippen molar-refractivity contribution in [2.45, 2.75) is 19.4 Å². The molecule has 1 unspecified atom stereocenters. The summed E-state index contributed by atoms with van der Waals surface area (Å²) in [5.41, 5.74) is 1.87. The number of likely N-dealkylation sites (tertiary alicyclic amines) is 1. The summed E-state index contributed by atoms with van der Waals surface area (Å²) in [5, 5.41) is 13.5. The van der Waals surface area contributed by atoms with Gasteiger partial charge < -0.3 is 24.4 Å². The molecular formula is C25H30N2O5. The summed E-state index contributed by atoms with van der Waals surface area (Å²) >= 11 is 0. The zero-order valence-electron chi connectivity index (χ0n) is 19.2. The zero-order valence-corrected chi connectivity index (χ0v) is 19.2. The molecule has 1 amide bonds. The number of nitrogens with zero attached hydrogens (tertiary/aromatic N) is 1. The van der Waals surface area contributed by atoms with Gasteiger partial charge in [-0.2, -0.15) is 0 Å². The third kappa shape index (κ3) is 4.62. The lowest BCUT2D eigenvalue weighted by Gasteiger charge is -2.29. The Bertz CT molecular complexity index is 1030. The van der Waals surface area contributed by atoms with E-state index in [1.807, 2.05) is 33.2 Å². The van der Waals surface area contributed by atoms with Crippen LogP contribution in [-0.2, 0) is 9.59 Å². The first-order valence-corrected chi connectivity index (χ1v) is 10.6. The number of quaternary nitrogens is 1. The number of amides is 1. The van der Waals surface area contributed by atoms with E-state index in [1.54, 1.807) is 30.3 Å². The van der Waals surface area contributed by atoms with Crippen LogP contribution in [0, 0.1) is 6.92 Å². The van der Waals surface area contributed by atoms with Crippen LogP contribution in [0.15, 0.2) is 48.0 Å². The first kappa shape index (κ1) is 23.3. The molecule has 170 valence electrons. The van der Waals surface area contributed by atoms with Crippen molar-refractivity contribution in [1.29, 1.82) is 0 Å². The molecule has 0 radical (unpaired) electrons. The summed E-state index contributed by atoms with van der Waals surface area (Å²) in [6, 6.07) is 11.3. The van der Waals surface area contributed by atoms with Crippen molar-refractivity contribution in [2.75, 3.05) is 41.4 Å². The van der Waals surface area contributed by atoms with Crippen molar-refractivity contribution in [2.24, 2.45) is 0 Å². The van der Waals surface area contributed by atoms with Crippen LogP contribution in [-0.4, -0.2) is 58.0 Å². The SMILES string of the molecule is COc1ccc(OC)c(C2/C(=C(\[O-])c3ccc(C)cc3)C(=O)C(=O)N2CCC[NH+](C)C)c1. The molecule has 1 heterocycles. The van der Waals surface area contributed by atoms with Crippen molar-refractivity contribution >= 4 is 17.4 Å². The minimum Gasteiger partial charge on any atom is -0.872 e. The van der Waals surface area contributed by atoms with Crippen LogP contribution in [0.25, 0.3) is 5.76 Å². The highest BCUT2D eigenvalue weighted by Crippen LogP contribution is 2.43. The summed E-state index contributed by atoms with van der Waals surface area (Å²) in [6.07, 6.45) is 0.691. The van der Waals surface area contributed by atoms with Gasteiger partial charge in [-0.25, -0.2) is 0 Å². The molecule has 1 N–H and O–H groups in total. The van der Waals surface area contributed by atoms with Crippen LogP contribution in [0.1, 0.15) is 29.2 Å². The molecule has 0 aromatic heterocycles. The number of rotatable bonds is 8. The van der Waals surface area contributed by atoms with Crippen molar-refractivity contribution < 1.29 is 29.1 Å². The summed E-state index contributed by atoms with van der Waals surface area (Å²) < 4.78 is 10.9. The molecule has 0 spiro atoms. The number of ketones is 1. The minimum atomic E-state index is -0.842. The molecule has 1 aliphatic rings. The minimum absolute atomic E-state index is 0.0531. The Morgan fingerprint density at radius 1 is 1.06 bits per heavy atom. The number of nitrogens with one attached hydrogen (secondary N) is 1. The average Bonchev–Trinajstić information content (AvgIpc) is 3.03. The van der Waals surface area contributed by atoms with Crippen molar-refractivity contribution in [1.82, 2.24) is 4.90 Å². The standard InChI is InChI=1S/C25H30N2O5/c1-16-7-9-17(10-8-16)23(28)21-22(19-15-18(31-4)11-12-20(19)32-5)27(25(30)24(21)29)14-6-13-26(2)3/h7-12,15,22,28H,6,13-14H2,1-5H3/b23-21+. The van der Waals surface area contributed by atoms with Crippen molar-refractivity contribution in [3.05, 3.63) is 64.7 Å². The normalized spacial score (nSPS) is 17.8. The molecule has 0 saturated carbocycles. The molecule has 1 aliphatic heterocycles. The maximum absolute atomic E-state index is 13.5. The highest BCUT2D eigenvalue weighted by Gasteiger charge is 2.45. The summed E-state index contributed by atoms with van der Waals surface area (Å²) in [5.74, 6) is -0.839. The Balaban J connectivity index is 2.18. The van der Waals surface area contributed by atoms with E-state index < -0.39 is 23.5 Å². The van der Waals surface area contributed by atoms with Gasteiger partial charge in [-0.15, -0.1) is 0 Å². The van der Waals surface area contributed by atoms with Crippen LogP contribution >= 0.6 is 0 Å². The van der Waals surface area contributed by atoms with E-state index in [1.165, 1.54) is 24.0 Å². The fourth-order valence-electron chi connectivity index (χ4n) is 3.94. The first-order valence-electron chi connectivity index (χ1n) is 10.6. The third-order valence-corrected chi connectivity index (χ3v) is 5.65. The van der Waals surface area contributed by atoms with Crippen LogP contribution in [0.3, 0.4) is 0 Å². The van der Waals surface area contributed by atoms with Gasteiger partial charge in [0, 0.05) is 24.1 Å². The molecule has 7 heteroatoms. The van der Waals surface area contributed by atoms with E-state index >= 15 is 0 Å². The maximum atomic E-state index is 13.5. The second-order valence-corrected chi connectivity index (χ2v) is 8.26. The smallest absolute Gasteiger partial charge is 0.295 e. The topological polar surface area (TPSA) is 83.3 Å². The second kappa shape index (κ2) is 9.87. The Hall–Kier alpha value is -3.32. The van der Waals surface area contributed by atoms with Gasteiger partial charge in [-0.05, 0) is 30.7 Å². The van der Waals surface area contributed by atoms with Crippen LogP contribution in [0.4, 0.5) is 0 Å². The van der Waals surface area contributed by atoms with E-state index in [0.717, 1.165) is 12.1 Å². The number of carbonyl (C=O) groups is 2. The van der Waals surface area contributed by atoms with Gasteiger partial charge in [-0.3, -0.25) is 9.59 Å². The summed E-state index contributed by atoms with van der Waals surface area (Å²) in [6.45, 7) is 3.09. The van der Waals surface area contributed by atoms with E-state index in [2.05, 4.69) is 0 Å². The Labute approximate surface area is 188 Å². The molecule has 1 atom stereocenters. The first-order chi connectivity index (χ1) is 15.3. The number of carbonyl (C=O) groups excluding carboxylic acids is 2. The lowest BCUT2D eigenvalue weighted by molar-refractivity contribution is -0.858. The van der Waals surface area contributed by atoms with Gasteiger partial charge >= 0.3 is 0 Å². The fraction of sp³-hybridized carbons (Fsp3) is 0.360. The van der Waals surface area contributed by atoms with Crippen molar-refractivity contribution in [3.8, 4) is 11.5 Å². The quantitative estimate of drug-likeness (QED) is 0.374. The average molecular weight is 439 g/mol. The molecule has 0 bridgehead atoms. The fourth-order valence-corrected chi connectivity index (χ4v) is 3.94. The lowest BCUT2D eigenvalue weighted by Crippen LogP contribution is -3.05. The van der Waals surface area contributed by atoms with E-state index in [-0.39, 0.29) is 5.57 Å². The number of hydrogen-bond acceptors (Lipinski definition) is 5. The molecule has 7 nitrogen and oxygen atoms in total. The second-order valence-electron chi connectivity index (χ2n) is 8.26. The van der Waals surface area contributed by atoms with Crippen LogP contribution < -0.4 is 19.5 Å². The van der Waals surface area contributed by atoms with Crippen LogP contribution in [0.2, 0.25) is 0 Å². The van der Waals surface area contributed by atoms with Gasteiger partial charge in [0.15, 0.2) is 0 Å². The predicted molar refractivity (Wildman–Crippen MR) is 119 cm³/mol. The molecule has 0 aliphatic carbocycles. The van der Waals surface area contributed by atoms with E-state index in [9.17, 15) is 14.7 Å². The summed E-state index contributed by atoms with van der Waals surface area (Å²) in [4.78, 5) is 28.9. The van der Waals surface area contributed by atoms with E-state index in [4.69, 9.17) is 9.47 Å². The van der Waals surface area contributed by atoms with Crippen molar-refractivity contribution in [3.63, 3.8) is 0 Å². The highest BCUT2D eigenvalue weighted by molar-refractivity contribution is 6.46. The number of aryl methyl sites for hydroxylation is 1. The van der Waals surface area contributed by atoms with Gasteiger partial charge in [0.05, 0.1) is 40.9 Å². The van der Waals surface area contributed by atoms with Gasteiger partial charge in [0.1, 0.15) is 11.5 Å². The van der Waals surface area contributed by atoms with E-state index in [0.29, 0.717) is 35.6 Å². The maximum Gasteiger partial charge on any atom is 0.295 e. The number of methoxy groups -OCH3 is 2. The van der Waals surface area contributed by atoms with Crippen LogP contribution in [0.5, 0.6) is 11.5 Å². The molecular weight excluding hydrogens is 408 g/mol. The zero-order chi connectivity index (χ0) is 23.4. The number of Topliss-reactive ketones (excluding diaryl/α,β-unsaturated/α-hetero) is 1. The highest BCUT2D eigenvalue weighted by atomic mass is 16.5. The Morgan fingerprint density at radius 3 is 2.34 bits per heavy atom. The molecule has 1 fully saturated rings.